The number of carbonyl (C=O) groups is 2. The lowest BCUT2D eigenvalue weighted by Gasteiger charge is -2.36. The number of benzene rings is 3. The van der Waals surface area contributed by atoms with Gasteiger partial charge in [-0.05, 0) is 43.3 Å². The number of hydrogen-bond donors (Lipinski definition) is 4. The van der Waals surface area contributed by atoms with Gasteiger partial charge in [0.05, 0.1) is 78.2 Å². The smallest absolute Gasteiger partial charge is 0.340 e. The maximum absolute atomic E-state index is 13.3. The van der Waals surface area contributed by atoms with E-state index in [1.807, 2.05) is 6.92 Å². The molecule has 0 aromatic heterocycles. The molecule has 2 aliphatic heterocycles. The third kappa shape index (κ3) is 9.17. The lowest BCUT2D eigenvalue weighted by atomic mass is 9.77. The Balaban J connectivity index is 0.992. The Bertz CT molecular complexity index is 1510. The Morgan fingerprint density at radius 3 is 1.69 bits per heavy atom. The van der Waals surface area contributed by atoms with Crippen LogP contribution in [-0.4, -0.2) is 108 Å². The van der Waals surface area contributed by atoms with Gasteiger partial charge in [-0.3, -0.25) is 0 Å². The molecule has 3 aromatic rings. The first-order valence-electron chi connectivity index (χ1n) is 16.2. The predicted octanol–water partition coefficient (Wildman–Crippen LogP) is 3.91. The Hall–Kier alpha value is -4.44. The van der Waals surface area contributed by atoms with Crippen molar-refractivity contribution in [2.24, 2.45) is 0 Å². The van der Waals surface area contributed by atoms with Crippen LogP contribution in [0.15, 0.2) is 54.6 Å². The maximum Gasteiger partial charge on any atom is 0.340 e. The Morgan fingerprint density at radius 1 is 0.673 bits per heavy atom. The summed E-state index contributed by atoms with van der Waals surface area (Å²) in [6.45, 7) is 7.94. The zero-order chi connectivity index (χ0) is 34.5. The fourth-order valence-electron chi connectivity index (χ4n) is 5.44. The summed E-state index contributed by atoms with van der Waals surface area (Å²) < 4.78 is 44.4. The lowest BCUT2D eigenvalue weighted by Crippen LogP contribution is -2.33. The third-order valence-electron chi connectivity index (χ3n) is 7.63. The number of ether oxygens (including phenoxy) is 8. The molecule has 1 spiro atoms. The van der Waals surface area contributed by atoms with Crippen LogP contribution in [0.5, 0.6) is 23.0 Å². The number of phenols is 2. The Morgan fingerprint density at radius 2 is 1.16 bits per heavy atom. The number of esters is 1. The minimum Gasteiger partial charge on any atom is -0.508 e. The number of amides is 2. The van der Waals surface area contributed by atoms with Crippen molar-refractivity contribution in [3.63, 3.8) is 0 Å². The van der Waals surface area contributed by atoms with E-state index in [2.05, 4.69) is 10.6 Å². The first-order valence-corrected chi connectivity index (χ1v) is 16.2. The minimum absolute atomic E-state index is 0.0302. The van der Waals surface area contributed by atoms with Crippen molar-refractivity contribution in [3.05, 3.63) is 76.9 Å². The SMILES string of the molecule is CCOCCOCCOCCOCCOCCOCCNC(=O)Nc1ccc2c(c1)C(=O)OC21c2ccc(O)cc2Oc2cc(O)ccc21. The average Bonchev–Trinajstić information content (AvgIpc) is 3.36. The van der Waals surface area contributed by atoms with Crippen molar-refractivity contribution < 1.29 is 57.7 Å². The average molecular weight is 683 g/mol. The number of fused-ring (bicyclic) bond motifs is 6. The molecule has 14 nitrogen and oxygen atoms in total. The zero-order valence-electron chi connectivity index (χ0n) is 27.4. The summed E-state index contributed by atoms with van der Waals surface area (Å²) in [4.78, 5) is 25.8. The van der Waals surface area contributed by atoms with Crippen LogP contribution >= 0.6 is 0 Å². The van der Waals surface area contributed by atoms with E-state index in [0.29, 0.717) is 95.1 Å². The molecule has 0 fully saturated rings. The zero-order valence-corrected chi connectivity index (χ0v) is 27.4. The van der Waals surface area contributed by atoms with E-state index in [0.717, 1.165) is 0 Å². The van der Waals surface area contributed by atoms with Crippen LogP contribution in [0, 0.1) is 0 Å². The molecule has 0 atom stereocenters. The standard InChI is InChI=1S/C35H42N2O12/c1-2-42-11-12-44-15-16-46-19-20-47-18-17-45-14-13-43-10-9-36-34(41)37-24-3-6-28-27(21-24)33(40)49-35(28)29-7-4-25(38)22-31(29)48-32-23-26(39)5-8-30(32)35/h3-8,21-23,38-39H,2,9-20H2,1H3,(H2,36,37,41). The molecular weight excluding hydrogens is 640 g/mol. The predicted molar refractivity (Wildman–Crippen MR) is 176 cm³/mol. The van der Waals surface area contributed by atoms with Crippen LogP contribution in [-0.2, 0) is 38.8 Å². The van der Waals surface area contributed by atoms with Crippen molar-refractivity contribution in [1.29, 1.82) is 0 Å². The second-order valence-electron chi connectivity index (χ2n) is 10.9. The van der Waals surface area contributed by atoms with Crippen molar-refractivity contribution in [3.8, 4) is 23.0 Å². The highest BCUT2D eigenvalue weighted by molar-refractivity contribution is 5.99. The molecule has 49 heavy (non-hydrogen) atoms. The maximum atomic E-state index is 13.3. The number of hydrogen-bond acceptors (Lipinski definition) is 12. The summed E-state index contributed by atoms with van der Waals surface area (Å²) in [6, 6.07) is 13.5. The van der Waals surface area contributed by atoms with Gasteiger partial charge in [-0.15, -0.1) is 0 Å². The van der Waals surface area contributed by atoms with Crippen LogP contribution in [0.25, 0.3) is 0 Å². The fourth-order valence-corrected chi connectivity index (χ4v) is 5.44. The summed E-state index contributed by atoms with van der Waals surface area (Å²) >= 11 is 0. The van der Waals surface area contributed by atoms with Crippen LogP contribution in [0.3, 0.4) is 0 Å². The molecule has 5 rings (SSSR count). The van der Waals surface area contributed by atoms with Crippen molar-refractivity contribution in [2.45, 2.75) is 12.5 Å². The second-order valence-corrected chi connectivity index (χ2v) is 10.9. The van der Waals surface area contributed by atoms with Crippen LogP contribution in [0.2, 0.25) is 0 Å². The number of aromatic hydroxyl groups is 2. The number of rotatable bonds is 20. The largest absolute Gasteiger partial charge is 0.508 e. The number of anilines is 1. The topological polar surface area (TPSA) is 172 Å². The van der Waals surface area contributed by atoms with E-state index >= 15 is 0 Å². The van der Waals surface area contributed by atoms with Crippen LogP contribution < -0.4 is 15.4 Å². The first-order chi connectivity index (χ1) is 23.9. The molecular formula is C35H42N2O12. The quantitative estimate of drug-likeness (QED) is 0.100. The van der Waals surface area contributed by atoms with Gasteiger partial charge < -0.3 is 58.7 Å². The van der Waals surface area contributed by atoms with Gasteiger partial charge in [0.25, 0.3) is 0 Å². The number of carbonyl (C=O) groups excluding carboxylic acids is 2. The van der Waals surface area contributed by atoms with E-state index in [9.17, 15) is 19.8 Å². The number of urea groups is 1. The molecule has 2 aliphatic rings. The summed E-state index contributed by atoms with van der Waals surface area (Å²) in [6.07, 6.45) is 0. The van der Waals surface area contributed by atoms with Gasteiger partial charge in [0, 0.05) is 47.7 Å². The van der Waals surface area contributed by atoms with Crippen molar-refractivity contribution in [1.82, 2.24) is 5.32 Å². The van der Waals surface area contributed by atoms with Crippen molar-refractivity contribution >= 4 is 17.7 Å². The van der Waals surface area contributed by atoms with Gasteiger partial charge in [0.1, 0.15) is 23.0 Å². The van der Waals surface area contributed by atoms with Crippen LogP contribution in [0.1, 0.15) is 34.0 Å². The first kappa shape index (κ1) is 35.9. The summed E-state index contributed by atoms with van der Waals surface area (Å²) in [5.74, 6) is -0.0881. The molecule has 0 saturated carbocycles. The van der Waals surface area contributed by atoms with Gasteiger partial charge in [0.15, 0.2) is 5.60 Å². The fraction of sp³-hybridized carbons (Fsp3) is 0.429. The second kappa shape index (κ2) is 17.8. The molecule has 4 N–H and O–H groups in total. The molecule has 0 unspecified atom stereocenters. The highest BCUT2D eigenvalue weighted by Gasteiger charge is 2.53. The molecule has 14 heteroatoms. The van der Waals surface area contributed by atoms with Gasteiger partial charge in [-0.25, -0.2) is 9.59 Å². The third-order valence-corrected chi connectivity index (χ3v) is 7.63. The lowest BCUT2D eigenvalue weighted by molar-refractivity contribution is -0.0159. The Labute approximate surface area is 284 Å². The van der Waals surface area contributed by atoms with Gasteiger partial charge >= 0.3 is 12.0 Å². The van der Waals surface area contributed by atoms with Crippen molar-refractivity contribution in [2.75, 3.05) is 91.1 Å². The Kier molecular flexibility index (Phi) is 13.0. The van der Waals surface area contributed by atoms with E-state index in [4.69, 9.17) is 37.9 Å². The summed E-state index contributed by atoms with van der Waals surface area (Å²) in [5.41, 5.74) is 0.837. The number of phenolic OH excluding ortho intramolecular Hbond substituents is 2. The molecule has 0 aliphatic carbocycles. The molecule has 2 amide bonds. The molecule has 2 heterocycles. The molecule has 0 radical (unpaired) electrons. The minimum atomic E-state index is -1.37. The highest BCUT2D eigenvalue weighted by Crippen LogP contribution is 2.57. The molecule has 3 aromatic carbocycles. The highest BCUT2D eigenvalue weighted by atomic mass is 16.6. The molecule has 0 bridgehead atoms. The summed E-state index contributed by atoms with van der Waals surface area (Å²) in [5, 5.41) is 25.6. The van der Waals surface area contributed by atoms with E-state index in [1.54, 1.807) is 30.3 Å². The van der Waals surface area contributed by atoms with E-state index in [-0.39, 0.29) is 41.7 Å². The van der Waals surface area contributed by atoms with Gasteiger partial charge in [0.2, 0.25) is 0 Å². The monoisotopic (exact) mass is 682 g/mol. The van der Waals surface area contributed by atoms with E-state index < -0.39 is 17.6 Å². The van der Waals surface area contributed by atoms with Gasteiger partial charge in [-0.2, -0.15) is 0 Å². The molecule has 264 valence electrons. The van der Waals surface area contributed by atoms with E-state index in [1.165, 1.54) is 24.3 Å². The summed E-state index contributed by atoms with van der Waals surface area (Å²) in [7, 11) is 0. The van der Waals surface area contributed by atoms with Crippen LogP contribution in [0.4, 0.5) is 10.5 Å². The molecule has 0 saturated heterocycles. The van der Waals surface area contributed by atoms with Gasteiger partial charge in [-0.1, -0.05) is 6.07 Å². The number of nitrogens with one attached hydrogen (secondary N) is 2. The normalized spacial score (nSPS) is 13.7.